The molecule has 2 N–H and O–H groups in total. The first-order valence-electron chi connectivity index (χ1n) is 8.20. The number of guanidine groups is 1. The number of allylic oxidation sites excluding steroid dienone is 2. The van der Waals surface area contributed by atoms with Crippen LogP contribution in [0.25, 0.3) is 0 Å². The predicted octanol–water partition coefficient (Wildman–Crippen LogP) is 2.22. The Morgan fingerprint density at radius 1 is 1.30 bits per heavy atom. The second-order valence-electron chi connectivity index (χ2n) is 6.23. The highest BCUT2D eigenvalue weighted by Crippen LogP contribution is 2.34. The van der Waals surface area contributed by atoms with Gasteiger partial charge in [0.15, 0.2) is 5.96 Å². The van der Waals surface area contributed by atoms with Crippen molar-refractivity contribution in [2.45, 2.75) is 63.7 Å². The van der Waals surface area contributed by atoms with Crippen LogP contribution in [0.2, 0.25) is 0 Å². The number of nitrogens with one attached hydrogen (secondary N) is 2. The summed E-state index contributed by atoms with van der Waals surface area (Å²) in [7, 11) is 0. The molecule has 3 aliphatic rings. The van der Waals surface area contributed by atoms with E-state index in [1.165, 1.54) is 32.1 Å². The summed E-state index contributed by atoms with van der Waals surface area (Å²) in [4.78, 5) is 4.79. The average molecular weight is 277 g/mol. The summed E-state index contributed by atoms with van der Waals surface area (Å²) in [5, 5.41) is 6.96. The van der Waals surface area contributed by atoms with Gasteiger partial charge < -0.3 is 15.4 Å². The molecule has 112 valence electrons. The zero-order valence-corrected chi connectivity index (χ0v) is 12.5. The number of ether oxygens (including phenoxy) is 1. The normalized spacial score (nSPS) is 36.4. The lowest BCUT2D eigenvalue weighted by molar-refractivity contribution is 0.0992. The maximum atomic E-state index is 5.90. The van der Waals surface area contributed by atoms with Gasteiger partial charge in [-0.05, 0) is 51.4 Å². The van der Waals surface area contributed by atoms with Gasteiger partial charge in [0.1, 0.15) is 0 Å². The van der Waals surface area contributed by atoms with Gasteiger partial charge in [-0.2, -0.15) is 0 Å². The third kappa shape index (κ3) is 3.35. The largest absolute Gasteiger partial charge is 0.373 e. The molecule has 4 nitrogen and oxygen atoms in total. The van der Waals surface area contributed by atoms with Crippen molar-refractivity contribution in [3.05, 3.63) is 12.2 Å². The minimum absolute atomic E-state index is 0.404. The van der Waals surface area contributed by atoms with Crippen LogP contribution in [0.3, 0.4) is 0 Å². The van der Waals surface area contributed by atoms with Crippen LogP contribution in [0.15, 0.2) is 17.1 Å². The molecule has 2 saturated heterocycles. The number of nitrogens with zero attached hydrogens (tertiary/aromatic N) is 1. The summed E-state index contributed by atoms with van der Waals surface area (Å²) in [5.41, 5.74) is 0. The zero-order valence-electron chi connectivity index (χ0n) is 12.5. The van der Waals surface area contributed by atoms with E-state index in [9.17, 15) is 0 Å². The number of aliphatic imine (C=N–C) groups is 1. The van der Waals surface area contributed by atoms with Crippen LogP contribution in [0.1, 0.15) is 45.4 Å². The minimum Gasteiger partial charge on any atom is -0.373 e. The van der Waals surface area contributed by atoms with E-state index in [4.69, 9.17) is 9.73 Å². The maximum Gasteiger partial charge on any atom is 0.191 e. The Kier molecular flexibility index (Phi) is 4.61. The van der Waals surface area contributed by atoms with Crippen LogP contribution >= 0.6 is 0 Å². The third-order valence-corrected chi connectivity index (χ3v) is 4.66. The second-order valence-corrected chi connectivity index (χ2v) is 6.23. The lowest BCUT2D eigenvalue weighted by Crippen LogP contribution is -2.47. The van der Waals surface area contributed by atoms with E-state index in [0.29, 0.717) is 24.2 Å². The molecule has 2 heterocycles. The molecule has 0 spiro atoms. The summed E-state index contributed by atoms with van der Waals surface area (Å²) < 4.78 is 5.90. The van der Waals surface area contributed by atoms with Gasteiger partial charge in [-0.3, -0.25) is 4.99 Å². The molecule has 0 radical (unpaired) electrons. The first kappa shape index (κ1) is 13.9. The van der Waals surface area contributed by atoms with E-state index in [-0.39, 0.29) is 0 Å². The smallest absolute Gasteiger partial charge is 0.191 e. The summed E-state index contributed by atoms with van der Waals surface area (Å²) in [5.74, 6) is 1.69. The fourth-order valence-corrected chi connectivity index (χ4v) is 3.53. The van der Waals surface area contributed by atoms with Gasteiger partial charge in [0.05, 0.1) is 18.2 Å². The van der Waals surface area contributed by atoms with Gasteiger partial charge in [0.25, 0.3) is 0 Å². The molecule has 2 aliphatic heterocycles. The molecule has 0 aromatic heterocycles. The van der Waals surface area contributed by atoms with Crippen molar-refractivity contribution < 1.29 is 4.74 Å². The van der Waals surface area contributed by atoms with Gasteiger partial charge in [-0.25, -0.2) is 0 Å². The Bertz CT molecular complexity index is 380. The summed E-state index contributed by atoms with van der Waals surface area (Å²) >= 11 is 0. The van der Waals surface area contributed by atoms with E-state index in [2.05, 4.69) is 29.7 Å². The van der Waals surface area contributed by atoms with Crippen LogP contribution in [-0.2, 0) is 4.74 Å². The molecular weight excluding hydrogens is 250 g/mol. The van der Waals surface area contributed by atoms with E-state index in [1.54, 1.807) is 0 Å². The molecule has 0 amide bonds. The Hall–Kier alpha value is -1.03. The number of rotatable bonds is 4. The molecule has 0 aromatic carbocycles. The van der Waals surface area contributed by atoms with E-state index in [1.807, 2.05) is 0 Å². The van der Waals surface area contributed by atoms with Crippen LogP contribution < -0.4 is 10.6 Å². The highest BCUT2D eigenvalue weighted by atomic mass is 16.5. The highest BCUT2D eigenvalue weighted by Gasteiger charge is 2.41. The summed E-state index contributed by atoms with van der Waals surface area (Å²) in [6.07, 6.45) is 12.7. The van der Waals surface area contributed by atoms with Gasteiger partial charge in [0, 0.05) is 13.1 Å². The van der Waals surface area contributed by atoms with Crippen molar-refractivity contribution in [3.8, 4) is 0 Å². The molecule has 0 saturated carbocycles. The van der Waals surface area contributed by atoms with Crippen molar-refractivity contribution in [1.29, 1.82) is 0 Å². The molecule has 2 fully saturated rings. The fraction of sp³-hybridized carbons (Fsp3) is 0.812. The average Bonchev–Trinajstić information content (AvgIpc) is 3.09. The standard InChI is InChI=1S/C16H27N3O/c1-2-17-16(18-11-12-6-4-3-5-7-12)19-14-10-13-8-9-15(14)20-13/h3-4,12-15H,2,5-11H2,1H3,(H2,17,18,19). The molecule has 2 bridgehead atoms. The lowest BCUT2D eigenvalue weighted by atomic mass is 9.94. The molecule has 4 unspecified atom stereocenters. The maximum absolute atomic E-state index is 5.90. The lowest BCUT2D eigenvalue weighted by Gasteiger charge is -2.23. The van der Waals surface area contributed by atoms with Crippen LogP contribution in [0, 0.1) is 5.92 Å². The van der Waals surface area contributed by atoms with Crippen molar-refractivity contribution in [3.63, 3.8) is 0 Å². The van der Waals surface area contributed by atoms with Crippen LogP contribution in [0.5, 0.6) is 0 Å². The number of hydrogen-bond acceptors (Lipinski definition) is 2. The Morgan fingerprint density at radius 2 is 2.25 bits per heavy atom. The Morgan fingerprint density at radius 3 is 2.90 bits per heavy atom. The SMILES string of the molecule is CCNC(=NCC1CC=CCC1)NC1CC2CCC1O2. The summed E-state index contributed by atoms with van der Waals surface area (Å²) in [6.45, 7) is 3.97. The number of fused-ring (bicyclic) bond motifs is 2. The predicted molar refractivity (Wildman–Crippen MR) is 81.9 cm³/mol. The molecular formula is C16H27N3O. The Labute approximate surface area is 122 Å². The van der Waals surface area contributed by atoms with Crippen molar-refractivity contribution >= 4 is 5.96 Å². The van der Waals surface area contributed by atoms with Crippen molar-refractivity contribution in [1.82, 2.24) is 10.6 Å². The van der Waals surface area contributed by atoms with Gasteiger partial charge in [0.2, 0.25) is 0 Å². The van der Waals surface area contributed by atoms with E-state index < -0.39 is 0 Å². The monoisotopic (exact) mass is 277 g/mol. The van der Waals surface area contributed by atoms with Gasteiger partial charge >= 0.3 is 0 Å². The molecule has 4 atom stereocenters. The van der Waals surface area contributed by atoms with E-state index >= 15 is 0 Å². The first-order valence-corrected chi connectivity index (χ1v) is 8.20. The highest BCUT2D eigenvalue weighted by molar-refractivity contribution is 5.80. The molecule has 0 aromatic rings. The fourth-order valence-electron chi connectivity index (χ4n) is 3.53. The molecule has 20 heavy (non-hydrogen) atoms. The topological polar surface area (TPSA) is 45.7 Å². The van der Waals surface area contributed by atoms with Crippen molar-refractivity contribution in [2.75, 3.05) is 13.1 Å². The third-order valence-electron chi connectivity index (χ3n) is 4.66. The van der Waals surface area contributed by atoms with Crippen molar-refractivity contribution in [2.24, 2.45) is 10.9 Å². The van der Waals surface area contributed by atoms with Crippen LogP contribution in [0.4, 0.5) is 0 Å². The zero-order chi connectivity index (χ0) is 13.8. The van der Waals surface area contributed by atoms with Gasteiger partial charge in [-0.1, -0.05) is 12.2 Å². The molecule has 3 rings (SSSR count). The molecule has 4 heteroatoms. The first-order chi connectivity index (χ1) is 9.85. The minimum atomic E-state index is 0.404. The second kappa shape index (κ2) is 6.61. The Balaban J connectivity index is 1.53. The quantitative estimate of drug-likeness (QED) is 0.470. The van der Waals surface area contributed by atoms with E-state index in [0.717, 1.165) is 25.5 Å². The van der Waals surface area contributed by atoms with Gasteiger partial charge in [-0.15, -0.1) is 0 Å². The van der Waals surface area contributed by atoms with Crippen LogP contribution in [-0.4, -0.2) is 37.3 Å². The number of hydrogen-bond donors (Lipinski definition) is 2. The molecule has 1 aliphatic carbocycles. The summed E-state index contributed by atoms with van der Waals surface area (Å²) in [6, 6.07) is 0.456.